The van der Waals surface area contributed by atoms with Gasteiger partial charge in [0, 0.05) is 19.8 Å². The Kier molecular flexibility index (Phi) is 3.72. The fraction of sp³-hybridized carbons (Fsp3) is 0.417. The maximum atomic E-state index is 10.6. The molecular weight excluding hydrogens is 190 g/mol. The standard InChI is InChI=1S/C12H17NO2/c1-4-10-6-5-9(8-12(14)15)7-11(10)13(2)3/h5-7H,4,8H2,1-3H3,(H,14,15). The number of carboxylic acid groups (broad SMARTS) is 1. The minimum Gasteiger partial charge on any atom is -0.481 e. The number of rotatable bonds is 4. The number of carbonyl (C=O) groups is 1. The van der Waals surface area contributed by atoms with Gasteiger partial charge in [-0.1, -0.05) is 19.1 Å². The Labute approximate surface area is 90.3 Å². The largest absolute Gasteiger partial charge is 0.481 e. The first kappa shape index (κ1) is 11.6. The van der Waals surface area contributed by atoms with Crippen LogP contribution in [0.1, 0.15) is 18.1 Å². The first-order valence-corrected chi connectivity index (χ1v) is 5.05. The number of aryl methyl sites for hydroxylation is 1. The number of hydrogen-bond donors (Lipinski definition) is 1. The number of carboxylic acids is 1. The Morgan fingerprint density at radius 3 is 2.53 bits per heavy atom. The zero-order valence-electron chi connectivity index (χ0n) is 9.45. The molecule has 0 saturated heterocycles. The first-order valence-electron chi connectivity index (χ1n) is 5.05. The van der Waals surface area contributed by atoms with Crippen molar-refractivity contribution in [3.63, 3.8) is 0 Å². The highest BCUT2D eigenvalue weighted by Gasteiger charge is 2.06. The minimum atomic E-state index is -0.788. The minimum absolute atomic E-state index is 0.0881. The van der Waals surface area contributed by atoms with Crippen LogP contribution in [0.2, 0.25) is 0 Å². The van der Waals surface area contributed by atoms with Crippen molar-refractivity contribution in [3.8, 4) is 0 Å². The van der Waals surface area contributed by atoms with Crippen molar-refractivity contribution in [3.05, 3.63) is 29.3 Å². The van der Waals surface area contributed by atoms with Crippen LogP contribution >= 0.6 is 0 Å². The molecule has 15 heavy (non-hydrogen) atoms. The van der Waals surface area contributed by atoms with E-state index >= 15 is 0 Å². The summed E-state index contributed by atoms with van der Waals surface area (Å²) in [6, 6.07) is 5.85. The van der Waals surface area contributed by atoms with E-state index in [1.807, 2.05) is 37.2 Å². The topological polar surface area (TPSA) is 40.5 Å². The highest BCUT2D eigenvalue weighted by Crippen LogP contribution is 2.21. The van der Waals surface area contributed by atoms with Crippen LogP contribution in [-0.4, -0.2) is 25.2 Å². The summed E-state index contributed by atoms with van der Waals surface area (Å²) in [5.41, 5.74) is 3.20. The van der Waals surface area contributed by atoms with Crippen molar-refractivity contribution >= 4 is 11.7 Å². The predicted octanol–water partition coefficient (Wildman–Crippen LogP) is 1.94. The van der Waals surface area contributed by atoms with E-state index in [2.05, 4.69) is 6.92 Å². The Hall–Kier alpha value is -1.51. The molecule has 82 valence electrons. The van der Waals surface area contributed by atoms with E-state index in [0.717, 1.165) is 17.7 Å². The van der Waals surface area contributed by atoms with E-state index in [9.17, 15) is 4.79 Å². The number of hydrogen-bond acceptors (Lipinski definition) is 2. The molecule has 1 N–H and O–H groups in total. The van der Waals surface area contributed by atoms with Gasteiger partial charge >= 0.3 is 5.97 Å². The van der Waals surface area contributed by atoms with Gasteiger partial charge in [0.15, 0.2) is 0 Å². The SMILES string of the molecule is CCc1ccc(CC(=O)O)cc1N(C)C. The lowest BCUT2D eigenvalue weighted by Gasteiger charge is -2.17. The Morgan fingerprint density at radius 1 is 1.40 bits per heavy atom. The molecule has 1 aromatic carbocycles. The van der Waals surface area contributed by atoms with Crippen LogP contribution in [0.4, 0.5) is 5.69 Å². The average molecular weight is 207 g/mol. The molecule has 0 atom stereocenters. The van der Waals surface area contributed by atoms with Gasteiger partial charge in [0.05, 0.1) is 6.42 Å². The summed E-state index contributed by atoms with van der Waals surface area (Å²) in [5, 5.41) is 8.71. The third-order valence-corrected chi connectivity index (χ3v) is 2.37. The fourth-order valence-electron chi connectivity index (χ4n) is 1.61. The normalized spacial score (nSPS) is 10.1. The van der Waals surface area contributed by atoms with Gasteiger partial charge in [0.1, 0.15) is 0 Å². The Morgan fingerprint density at radius 2 is 2.07 bits per heavy atom. The maximum Gasteiger partial charge on any atom is 0.307 e. The van der Waals surface area contributed by atoms with E-state index < -0.39 is 5.97 Å². The predicted molar refractivity (Wildman–Crippen MR) is 61.5 cm³/mol. The van der Waals surface area contributed by atoms with Gasteiger partial charge in [-0.2, -0.15) is 0 Å². The zero-order valence-corrected chi connectivity index (χ0v) is 9.45. The second kappa shape index (κ2) is 4.82. The molecule has 0 aromatic heterocycles. The molecule has 0 bridgehead atoms. The molecule has 3 nitrogen and oxygen atoms in total. The monoisotopic (exact) mass is 207 g/mol. The van der Waals surface area contributed by atoms with E-state index in [-0.39, 0.29) is 6.42 Å². The average Bonchev–Trinajstić information content (AvgIpc) is 2.16. The molecular formula is C12H17NO2. The van der Waals surface area contributed by atoms with E-state index in [4.69, 9.17) is 5.11 Å². The van der Waals surface area contributed by atoms with Crippen molar-refractivity contribution < 1.29 is 9.90 Å². The van der Waals surface area contributed by atoms with E-state index in [0.29, 0.717) is 0 Å². The summed E-state index contributed by atoms with van der Waals surface area (Å²) in [6.07, 6.45) is 1.05. The molecule has 0 radical (unpaired) electrons. The quantitative estimate of drug-likeness (QED) is 0.820. The molecule has 1 rings (SSSR count). The third kappa shape index (κ3) is 2.98. The number of nitrogens with zero attached hydrogens (tertiary/aromatic N) is 1. The second-order valence-electron chi connectivity index (χ2n) is 3.78. The van der Waals surface area contributed by atoms with Crippen LogP contribution in [0.25, 0.3) is 0 Å². The van der Waals surface area contributed by atoms with Crippen LogP contribution in [0.3, 0.4) is 0 Å². The van der Waals surface area contributed by atoms with Crippen molar-refractivity contribution in [1.82, 2.24) is 0 Å². The van der Waals surface area contributed by atoms with Crippen LogP contribution in [0.5, 0.6) is 0 Å². The molecule has 0 aliphatic rings. The van der Waals surface area contributed by atoms with Gasteiger partial charge in [-0.15, -0.1) is 0 Å². The van der Waals surface area contributed by atoms with Crippen LogP contribution < -0.4 is 4.90 Å². The van der Waals surface area contributed by atoms with Gasteiger partial charge in [-0.3, -0.25) is 4.79 Å². The number of aliphatic carboxylic acids is 1. The molecule has 1 aromatic rings. The van der Waals surface area contributed by atoms with Gasteiger partial charge in [0.2, 0.25) is 0 Å². The molecule has 0 spiro atoms. The summed E-state index contributed by atoms with van der Waals surface area (Å²) in [5.74, 6) is -0.788. The Balaban J connectivity index is 3.04. The molecule has 3 heteroatoms. The summed E-state index contributed by atoms with van der Waals surface area (Å²) >= 11 is 0. The third-order valence-electron chi connectivity index (χ3n) is 2.37. The van der Waals surface area contributed by atoms with Gasteiger partial charge in [-0.25, -0.2) is 0 Å². The van der Waals surface area contributed by atoms with E-state index in [1.54, 1.807) is 0 Å². The van der Waals surface area contributed by atoms with Crippen molar-refractivity contribution in [2.45, 2.75) is 19.8 Å². The highest BCUT2D eigenvalue weighted by atomic mass is 16.4. The van der Waals surface area contributed by atoms with Gasteiger partial charge < -0.3 is 10.0 Å². The van der Waals surface area contributed by atoms with Crippen LogP contribution in [0, 0.1) is 0 Å². The zero-order chi connectivity index (χ0) is 11.4. The van der Waals surface area contributed by atoms with Crippen molar-refractivity contribution in [1.29, 1.82) is 0 Å². The lowest BCUT2D eigenvalue weighted by atomic mass is 10.0. The Bertz CT molecular complexity index is 359. The molecule has 0 fully saturated rings. The summed E-state index contributed by atoms with van der Waals surface area (Å²) < 4.78 is 0. The van der Waals surface area contributed by atoms with Crippen LogP contribution in [0.15, 0.2) is 18.2 Å². The number of anilines is 1. The van der Waals surface area contributed by atoms with Crippen molar-refractivity contribution in [2.24, 2.45) is 0 Å². The van der Waals surface area contributed by atoms with Gasteiger partial charge in [0.25, 0.3) is 0 Å². The maximum absolute atomic E-state index is 10.6. The number of benzene rings is 1. The summed E-state index contributed by atoms with van der Waals surface area (Å²) in [6.45, 7) is 2.10. The van der Waals surface area contributed by atoms with Crippen LogP contribution in [-0.2, 0) is 17.6 Å². The smallest absolute Gasteiger partial charge is 0.307 e. The molecule has 0 saturated carbocycles. The molecule has 0 unspecified atom stereocenters. The highest BCUT2D eigenvalue weighted by molar-refractivity contribution is 5.71. The lowest BCUT2D eigenvalue weighted by Crippen LogP contribution is -2.12. The fourth-order valence-corrected chi connectivity index (χ4v) is 1.61. The molecule has 0 aliphatic carbocycles. The van der Waals surface area contributed by atoms with Gasteiger partial charge in [-0.05, 0) is 23.6 Å². The summed E-state index contributed by atoms with van der Waals surface area (Å²) in [7, 11) is 3.94. The van der Waals surface area contributed by atoms with Crippen molar-refractivity contribution in [2.75, 3.05) is 19.0 Å². The molecule has 0 heterocycles. The summed E-state index contributed by atoms with van der Waals surface area (Å²) in [4.78, 5) is 12.6. The lowest BCUT2D eigenvalue weighted by molar-refractivity contribution is -0.136. The van der Waals surface area contributed by atoms with E-state index in [1.165, 1.54) is 5.56 Å². The molecule has 0 amide bonds. The molecule has 0 aliphatic heterocycles. The first-order chi connectivity index (χ1) is 7.04. The second-order valence-corrected chi connectivity index (χ2v) is 3.78.